The quantitative estimate of drug-likeness (QED) is 0.0175. The number of nitrogens with two attached hydrogens (primary N) is 1. The van der Waals surface area contributed by atoms with Gasteiger partial charge in [-0.1, -0.05) is 34.8 Å². The van der Waals surface area contributed by atoms with E-state index in [2.05, 4.69) is 50.6 Å². The van der Waals surface area contributed by atoms with E-state index in [9.17, 15) is 37.8 Å². The molecule has 6 N–H and O–H groups in total. The van der Waals surface area contributed by atoms with Crippen molar-refractivity contribution in [1.82, 2.24) is 29.9 Å². The first-order valence-electron chi connectivity index (χ1n) is 24.7. The summed E-state index contributed by atoms with van der Waals surface area (Å²) in [6, 6.07) is 20.6. The van der Waals surface area contributed by atoms with E-state index in [4.69, 9.17) is 82.4 Å². The molecule has 470 valence electrons. The fraction of sp³-hybridized carbons (Fsp3) is 0.222. The number of aromatic nitrogens is 6. The maximum absolute atomic E-state index is 13.6. The molecule has 0 spiro atoms. The van der Waals surface area contributed by atoms with Gasteiger partial charge in [-0.3, -0.25) is 20.2 Å². The number of nitro benzene ring substituents is 2. The number of nitro groups is 2. The summed E-state index contributed by atoms with van der Waals surface area (Å²) in [6.45, 7) is 6.46. The maximum atomic E-state index is 13.6. The van der Waals surface area contributed by atoms with E-state index in [1.807, 2.05) is 6.92 Å². The number of halogens is 11. The molecule has 0 saturated heterocycles. The Kier molecular flexibility index (Phi) is 32.1. The summed E-state index contributed by atoms with van der Waals surface area (Å²) in [6.07, 6.45) is 3.05. The van der Waals surface area contributed by atoms with Gasteiger partial charge in [0.15, 0.2) is 5.75 Å². The van der Waals surface area contributed by atoms with E-state index in [0.29, 0.717) is 75.2 Å². The van der Waals surface area contributed by atoms with Gasteiger partial charge >= 0.3 is 48.1 Å². The van der Waals surface area contributed by atoms with Gasteiger partial charge in [0.2, 0.25) is 5.82 Å². The van der Waals surface area contributed by atoms with E-state index in [0.717, 1.165) is 18.2 Å². The summed E-state index contributed by atoms with van der Waals surface area (Å²) in [5, 5.41) is 41.0. The average Bonchev–Trinajstić information content (AvgIpc) is 1.07. The summed E-state index contributed by atoms with van der Waals surface area (Å²) in [5.74, 6) is -0.954. The Hall–Kier alpha value is -6.67. The van der Waals surface area contributed by atoms with Crippen LogP contribution in [0.3, 0.4) is 0 Å². The standard InChI is InChI=1S/C18H16ClFN4O4.C18H18ClFN4O2.C14H7ClF2N4O2.C4H10O2.4ClH.Sn/c1-10(8-27-2)28-17-7-15-12(6-16(17)24(25)26)18(22-9-21-15)23-11-3-4-14(20)13(19)5-11;1-10(8-25-2)26-17-7-16-12(6-15(17)21)18(23-9-22-16)24-11-3-4-14(20)13(19)5-11;15-9-3-7(1-2-10(9)16)20-14-8-4-13(21(22)23)11(17)5-12(8)18-6-19-14;1-4(5)3-6-2;;;;;/h3-7,9-10H,8H2,1-2H3,(H,21,22,23);3-7,9-10H,8,21H2,1-2H3,(H,22,23,24);1-6H,(H,18,19,20);4-5H,3H2,1-2H3;4*1H;/q;;;;;;;;+2/p-2/t2*10-;;4-;;;;;/m00.0...../s1. The molecule has 6 aromatic carbocycles. The van der Waals surface area contributed by atoms with E-state index in [1.54, 1.807) is 46.3 Å². The van der Waals surface area contributed by atoms with Crippen molar-refractivity contribution in [3.8, 4) is 11.5 Å². The van der Waals surface area contributed by atoms with E-state index >= 15 is 0 Å². The van der Waals surface area contributed by atoms with Crippen molar-refractivity contribution in [2.45, 2.75) is 39.1 Å². The Bertz CT molecular complexity index is 3800. The Morgan fingerprint density at radius 1 is 0.534 bits per heavy atom. The predicted octanol–water partition coefficient (Wildman–Crippen LogP) is 14.7. The van der Waals surface area contributed by atoms with Gasteiger partial charge in [0.1, 0.15) is 71.8 Å². The first-order chi connectivity index (χ1) is 41.0. The molecule has 22 nitrogen and oxygen atoms in total. The fourth-order valence-electron chi connectivity index (χ4n) is 7.36. The van der Waals surface area contributed by atoms with E-state index in [1.165, 1.54) is 80.7 Å². The molecule has 0 aliphatic carbocycles. The fourth-order valence-corrected chi connectivity index (χ4v) is 7.90. The van der Waals surface area contributed by atoms with Gasteiger partial charge in [0.05, 0.1) is 83.8 Å². The number of rotatable bonds is 18. The number of hydrogen-bond donors (Lipinski definition) is 5. The molecule has 3 aromatic heterocycles. The zero-order valence-corrected chi connectivity index (χ0v) is 55.0. The Labute approximate surface area is 544 Å². The molecule has 0 amide bonds. The zero-order valence-electron chi connectivity index (χ0n) is 46.7. The molecule has 0 unspecified atom stereocenters. The van der Waals surface area contributed by atoms with Crippen LogP contribution in [-0.2, 0) is 14.2 Å². The van der Waals surface area contributed by atoms with Gasteiger partial charge in [-0.15, -0.1) is 24.8 Å². The number of nitrogens with one attached hydrogen (secondary N) is 3. The second-order valence-corrected chi connectivity index (χ2v) is 23.1. The molecule has 3 heterocycles. The molecule has 2 radical (unpaired) electrons. The minimum atomic E-state index is -0.989. The molecule has 0 saturated carbocycles. The summed E-state index contributed by atoms with van der Waals surface area (Å²) in [4.78, 5) is 45.7. The molecule has 0 fully saturated rings. The molecule has 34 heteroatoms. The van der Waals surface area contributed by atoms with Gasteiger partial charge in [0.25, 0.3) is 0 Å². The van der Waals surface area contributed by atoms with Crippen LogP contribution in [-0.4, -0.2) is 123 Å². The van der Waals surface area contributed by atoms with Crippen molar-refractivity contribution in [1.29, 1.82) is 0 Å². The topological polar surface area (TPSA) is 292 Å². The minimum absolute atomic E-state index is 0. The molecule has 9 rings (SSSR count). The number of aliphatic hydroxyl groups excluding tert-OH is 1. The average molecular weight is 1470 g/mol. The summed E-state index contributed by atoms with van der Waals surface area (Å²) >= 11 is 16.5. The number of hydrogen-bond acceptors (Lipinski definition) is 20. The second-order valence-electron chi connectivity index (χ2n) is 17.7. The first kappa shape index (κ1) is 75.6. The van der Waals surface area contributed by atoms with Gasteiger partial charge in [-0.05, 0) is 81.4 Å². The summed E-state index contributed by atoms with van der Waals surface area (Å²) in [5.41, 5.74) is 8.44. The predicted molar refractivity (Wildman–Crippen MR) is 340 cm³/mol. The Morgan fingerprint density at radius 3 is 1.22 bits per heavy atom. The van der Waals surface area contributed by atoms with Crippen LogP contribution in [0.1, 0.15) is 20.8 Å². The molecule has 9 aromatic rings. The van der Waals surface area contributed by atoms with Crippen LogP contribution in [0, 0.1) is 43.5 Å². The van der Waals surface area contributed by atoms with Crippen LogP contribution in [0.2, 0.25) is 15.1 Å². The van der Waals surface area contributed by atoms with Crippen molar-refractivity contribution < 1.29 is 56.2 Å². The molecule has 88 heavy (non-hydrogen) atoms. The number of benzene rings is 6. The van der Waals surface area contributed by atoms with Crippen LogP contribution in [0.4, 0.5) is 69.1 Å². The zero-order chi connectivity index (χ0) is 63.2. The number of aliphatic hydroxyl groups is 1. The van der Waals surface area contributed by atoms with Gasteiger partial charge < -0.3 is 50.5 Å². The van der Waals surface area contributed by atoms with E-state index < -0.39 is 57.7 Å². The van der Waals surface area contributed by atoms with Crippen molar-refractivity contribution in [2.75, 3.05) is 62.8 Å². The van der Waals surface area contributed by atoms with Gasteiger partial charge in [-0.25, -0.2) is 43.1 Å². The van der Waals surface area contributed by atoms with Crippen LogP contribution in [0.15, 0.2) is 110 Å². The summed E-state index contributed by atoms with van der Waals surface area (Å²) in [7, 11) is 14.6. The molecular weight excluding hydrogens is 1420 g/mol. The Balaban J connectivity index is 0.000000320. The van der Waals surface area contributed by atoms with Crippen molar-refractivity contribution in [3.05, 3.63) is 169 Å². The molecule has 0 aliphatic heterocycles. The number of ether oxygens (including phenoxy) is 5. The van der Waals surface area contributed by atoms with E-state index in [-0.39, 0.29) is 93.0 Å². The third-order valence-corrected chi connectivity index (χ3v) is 11.9. The SMILES string of the molecule is COC[C@H](C)O.COC[C@H](C)Oc1cc2ncnc(Nc3ccc(F)c(Cl)c3)c2cc1N.COC[C@H](C)Oc1cc2ncnc(Nc3ccc(F)c(Cl)c3)c2cc1[N+](=O)[O-].Cl.Cl.O=[N+]([O-])c1cc2c(Nc3ccc(F)c(Cl)c3)ncnc2cc1F.[Cl][Sn][Cl]. The monoisotopic (exact) mass is 1470 g/mol. The number of methoxy groups -OCH3 is 3. The third-order valence-electron chi connectivity index (χ3n) is 11.0. The van der Waals surface area contributed by atoms with Crippen LogP contribution in [0.5, 0.6) is 11.5 Å². The Morgan fingerprint density at radius 2 is 0.875 bits per heavy atom. The molecule has 0 bridgehead atoms. The normalized spacial score (nSPS) is 11.4. The molecular formula is C54H53Cl7F4N12O10Sn. The first-order valence-corrected chi connectivity index (χ1v) is 33.0. The van der Waals surface area contributed by atoms with Crippen LogP contribution < -0.4 is 31.2 Å². The number of anilines is 7. The van der Waals surface area contributed by atoms with Crippen molar-refractivity contribution in [2.24, 2.45) is 0 Å². The number of nitrogen functional groups attached to an aromatic ring is 1. The number of fused-ring (bicyclic) bond motifs is 3. The van der Waals surface area contributed by atoms with Gasteiger partial charge in [-0.2, -0.15) is 4.39 Å². The van der Waals surface area contributed by atoms with Gasteiger partial charge in [0, 0.05) is 74.1 Å². The molecule has 0 aliphatic rings. The van der Waals surface area contributed by atoms with Crippen LogP contribution >= 0.6 is 77.5 Å². The third kappa shape index (κ3) is 22.4. The van der Waals surface area contributed by atoms with Crippen molar-refractivity contribution >= 4 is 181 Å². The molecule has 3 atom stereocenters. The summed E-state index contributed by atoms with van der Waals surface area (Å²) < 4.78 is 79.5. The second kappa shape index (κ2) is 37.4. The number of nitrogens with zero attached hydrogens (tertiary/aromatic N) is 8. The van der Waals surface area contributed by atoms with Crippen molar-refractivity contribution in [3.63, 3.8) is 0 Å². The van der Waals surface area contributed by atoms with Crippen LogP contribution in [0.25, 0.3) is 32.7 Å².